The molecule has 1 aliphatic rings. The summed E-state index contributed by atoms with van der Waals surface area (Å²) in [6.45, 7) is 0.286. The molecule has 0 amide bonds. The summed E-state index contributed by atoms with van der Waals surface area (Å²) < 4.78 is 5.74. The molecule has 1 saturated heterocycles. The van der Waals surface area contributed by atoms with Gasteiger partial charge in [0.15, 0.2) is 6.10 Å². The fourth-order valence-electron chi connectivity index (χ4n) is 2.98. The van der Waals surface area contributed by atoms with Crippen LogP contribution in [0.25, 0.3) is 0 Å². The monoisotopic (exact) mass is 317 g/mol. The number of rotatable bonds is 4. The van der Waals surface area contributed by atoms with Gasteiger partial charge in [0.25, 0.3) is 0 Å². The van der Waals surface area contributed by atoms with Crippen molar-refractivity contribution in [3.05, 3.63) is 81.9 Å². The fourth-order valence-corrected chi connectivity index (χ4v) is 3.35. The van der Waals surface area contributed by atoms with Crippen LogP contribution >= 0.6 is 11.6 Å². The predicted octanol–water partition coefficient (Wildman–Crippen LogP) is 4.00. The zero-order valence-corrected chi connectivity index (χ0v) is 12.6. The Hall–Kier alpha value is -1.91. The molecule has 0 unspecified atom stereocenters. The molecule has 0 spiro atoms. The molecule has 4 nitrogen and oxygen atoms in total. The minimum atomic E-state index is -0.842. The van der Waals surface area contributed by atoms with Gasteiger partial charge in [-0.15, -0.1) is 11.6 Å². The second kappa shape index (κ2) is 6.46. The average Bonchev–Trinajstić information content (AvgIpc) is 3.01. The third-order valence-corrected chi connectivity index (χ3v) is 4.66. The zero-order valence-electron chi connectivity index (χ0n) is 11.8. The van der Waals surface area contributed by atoms with Gasteiger partial charge in [0, 0.05) is 4.92 Å². The molecule has 0 radical (unpaired) electrons. The molecule has 1 fully saturated rings. The molecule has 4 atom stereocenters. The summed E-state index contributed by atoms with van der Waals surface area (Å²) in [6.07, 6.45) is -0.550. The smallest absolute Gasteiger partial charge is 0.249 e. The standard InChI is InChI=1S/C17H16ClNO3/c18-15(12-7-3-1-4-8-12)14-11-22-17(16(14)19(20)21)13-9-5-2-6-10-13/h1-10,14-17H,11H2/t14-,15+,16+,17-/m1/s1. The van der Waals surface area contributed by atoms with Crippen LogP contribution in [0.5, 0.6) is 0 Å². The summed E-state index contributed by atoms with van der Waals surface area (Å²) in [4.78, 5) is 11.3. The lowest BCUT2D eigenvalue weighted by atomic mass is 9.89. The highest BCUT2D eigenvalue weighted by Gasteiger charge is 2.50. The SMILES string of the molecule is O=[N+]([O-])[C@H]1[C@@H]([C@@H](Cl)c2ccccc2)CO[C@@H]1c1ccccc1. The van der Waals surface area contributed by atoms with E-state index in [1.807, 2.05) is 60.7 Å². The van der Waals surface area contributed by atoms with Crippen LogP contribution < -0.4 is 0 Å². The van der Waals surface area contributed by atoms with E-state index in [-0.39, 0.29) is 17.4 Å². The summed E-state index contributed by atoms with van der Waals surface area (Å²) in [7, 11) is 0. The number of halogens is 1. The van der Waals surface area contributed by atoms with E-state index >= 15 is 0 Å². The van der Waals surface area contributed by atoms with Gasteiger partial charge in [0.1, 0.15) is 0 Å². The normalized spacial score (nSPS) is 25.8. The largest absolute Gasteiger partial charge is 0.366 e. The number of alkyl halides is 1. The van der Waals surface area contributed by atoms with Gasteiger partial charge in [-0.05, 0) is 11.1 Å². The molecule has 5 heteroatoms. The van der Waals surface area contributed by atoms with Crippen LogP contribution in [0, 0.1) is 16.0 Å². The van der Waals surface area contributed by atoms with Gasteiger partial charge in [-0.25, -0.2) is 0 Å². The van der Waals surface area contributed by atoms with Gasteiger partial charge in [0.2, 0.25) is 6.04 Å². The van der Waals surface area contributed by atoms with Crippen molar-refractivity contribution in [3.63, 3.8) is 0 Å². The number of benzene rings is 2. The van der Waals surface area contributed by atoms with Gasteiger partial charge in [0.05, 0.1) is 17.9 Å². The molecule has 0 aromatic heterocycles. The molecule has 2 aromatic carbocycles. The maximum Gasteiger partial charge on any atom is 0.249 e. The number of nitrogens with zero attached hydrogens (tertiary/aromatic N) is 1. The van der Waals surface area contributed by atoms with Crippen molar-refractivity contribution in [2.75, 3.05) is 6.61 Å². The van der Waals surface area contributed by atoms with Crippen LogP contribution in [0.3, 0.4) is 0 Å². The molecule has 0 bridgehead atoms. The molecule has 0 N–H and O–H groups in total. The van der Waals surface area contributed by atoms with Crippen molar-refractivity contribution in [1.82, 2.24) is 0 Å². The second-order valence-electron chi connectivity index (χ2n) is 5.42. The van der Waals surface area contributed by atoms with Crippen LogP contribution in [0.1, 0.15) is 22.6 Å². The molecule has 1 heterocycles. The van der Waals surface area contributed by atoms with Crippen molar-refractivity contribution < 1.29 is 9.66 Å². The molecular formula is C17H16ClNO3. The van der Waals surface area contributed by atoms with Crippen LogP contribution in [0.2, 0.25) is 0 Å². The molecule has 3 rings (SSSR count). The maximum atomic E-state index is 11.6. The van der Waals surface area contributed by atoms with E-state index in [4.69, 9.17) is 16.3 Å². The molecule has 114 valence electrons. The Morgan fingerprint density at radius 3 is 2.27 bits per heavy atom. The van der Waals surface area contributed by atoms with Gasteiger partial charge in [-0.1, -0.05) is 60.7 Å². The van der Waals surface area contributed by atoms with E-state index in [0.29, 0.717) is 0 Å². The summed E-state index contributed by atoms with van der Waals surface area (Å²) in [5.74, 6) is -0.357. The average molecular weight is 318 g/mol. The summed E-state index contributed by atoms with van der Waals surface area (Å²) in [5, 5.41) is 11.2. The molecule has 1 aliphatic heterocycles. The quantitative estimate of drug-likeness (QED) is 0.486. The Morgan fingerprint density at radius 2 is 1.68 bits per heavy atom. The second-order valence-corrected chi connectivity index (χ2v) is 5.89. The first kappa shape index (κ1) is 15.0. The van der Waals surface area contributed by atoms with Crippen molar-refractivity contribution in [2.24, 2.45) is 5.92 Å². The first-order chi connectivity index (χ1) is 10.7. The summed E-state index contributed by atoms with van der Waals surface area (Å²) in [6, 6.07) is 17.9. The Kier molecular flexibility index (Phi) is 4.41. The van der Waals surface area contributed by atoms with Crippen LogP contribution in [-0.4, -0.2) is 17.6 Å². The van der Waals surface area contributed by atoms with Crippen LogP contribution in [0.4, 0.5) is 0 Å². The molecular weight excluding hydrogens is 302 g/mol. The highest BCUT2D eigenvalue weighted by atomic mass is 35.5. The molecule has 2 aromatic rings. The fraction of sp³-hybridized carbons (Fsp3) is 0.294. The van der Waals surface area contributed by atoms with Gasteiger partial charge in [-0.2, -0.15) is 0 Å². The van der Waals surface area contributed by atoms with E-state index < -0.39 is 17.5 Å². The van der Waals surface area contributed by atoms with Gasteiger partial charge >= 0.3 is 0 Å². The van der Waals surface area contributed by atoms with E-state index in [9.17, 15) is 10.1 Å². The van der Waals surface area contributed by atoms with Gasteiger partial charge in [-0.3, -0.25) is 10.1 Å². The zero-order chi connectivity index (χ0) is 15.5. The first-order valence-corrected chi connectivity index (χ1v) is 7.61. The third-order valence-electron chi connectivity index (χ3n) is 4.08. The maximum absolute atomic E-state index is 11.6. The third kappa shape index (κ3) is 2.85. The summed E-state index contributed by atoms with van der Waals surface area (Å²) >= 11 is 6.52. The highest BCUT2D eigenvalue weighted by molar-refractivity contribution is 6.21. The molecule has 22 heavy (non-hydrogen) atoms. The van der Waals surface area contributed by atoms with Crippen molar-refractivity contribution in [2.45, 2.75) is 17.5 Å². The minimum Gasteiger partial charge on any atom is -0.366 e. The van der Waals surface area contributed by atoms with Crippen molar-refractivity contribution in [3.8, 4) is 0 Å². The van der Waals surface area contributed by atoms with E-state index in [1.54, 1.807) is 0 Å². The topological polar surface area (TPSA) is 52.4 Å². The number of nitro groups is 1. The van der Waals surface area contributed by atoms with Gasteiger partial charge < -0.3 is 4.74 Å². The van der Waals surface area contributed by atoms with Crippen LogP contribution in [0.15, 0.2) is 60.7 Å². The first-order valence-electron chi connectivity index (χ1n) is 7.17. The van der Waals surface area contributed by atoms with Crippen LogP contribution in [-0.2, 0) is 4.74 Å². The number of hydrogen-bond donors (Lipinski definition) is 0. The number of hydrogen-bond acceptors (Lipinski definition) is 3. The lowest BCUT2D eigenvalue weighted by Crippen LogP contribution is -2.32. The van der Waals surface area contributed by atoms with Crippen molar-refractivity contribution in [1.29, 1.82) is 0 Å². The van der Waals surface area contributed by atoms with E-state index in [1.165, 1.54) is 0 Å². The Morgan fingerprint density at radius 1 is 1.09 bits per heavy atom. The Bertz CT molecular complexity index is 635. The highest BCUT2D eigenvalue weighted by Crippen LogP contribution is 2.43. The molecule has 0 saturated carbocycles. The summed E-state index contributed by atoms with van der Waals surface area (Å²) in [5.41, 5.74) is 1.71. The Labute approximate surface area is 133 Å². The van der Waals surface area contributed by atoms with E-state index in [0.717, 1.165) is 11.1 Å². The predicted molar refractivity (Wildman–Crippen MR) is 84.4 cm³/mol. The Balaban J connectivity index is 1.88. The molecule has 0 aliphatic carbocycles. The number of ether oxygens (including phenoxy) is 1. The van der Waals surface area contributed by atoms with Crippen molar-refractivity contribution >= 4 is 11.6 Å². The van der Waals surface area contributed by atoms with E-state index in [2.05, 4.69) is 0 Å². The lowest BCUT2D eigenvalue weighted by Gasteiger charge is -2.20. The lowest BCUT2D eigenvalue weighted by molar-refractivity contribution is -0.535. The minimum absolute atomic E-state index is 0.256.